The molecule has 2 aromatic heterocycles. The number of amides is 1. The molecule has 136 valence electrons. The highest BCUT2D eigenvalue weighted by Crippen LogP contribution is 2.19. The fraction of sp³-hybridized carbons (Fsp3) is 0.316. The fourth-order valence-electron chi connectivity index (χ4n) is 2.78. The van der Waals surface area contributed by atoms with Gasteiger partial charge in [-0.05, 0) is 43.0 Å². The number of thiophene rings is 1. The smallest absolute Gasteiger partial charge is 0.272 e. The van der Waals surface area contributed by atoms with Gasteiger partial charge in [0.2, 0.25) is 5.91 Å². The van der Waals surface area contributed by atoms with Crippen LogP contribution in [0, 0.1) is 0 Å². The van der Waals surface area contributed by atoms with Gasteiger partial charge in [0, 0.05) is 6.04 Å². The molecule has 0 aliphatic rings. The van der Waals surface area contributed by atoms with Crippen LogP contribution in [0.2, 0.25) is 0 Å². The lowest BCUT2D eigenvalue weighted by molar-refractivity contribution is -0.122. The number of rotatable bonds is 7. The van der Waals surface area contributed by atoms with Crippen LogP contribution < -0.4 is 10.9 Å². The van der Waals surface area contributed by atoms with Crippen LogP contribution in [-0.2, 0) is 17.8 Å². The van der Waals surface area contributed by atoms with Crippen molar-refractivity contribution in [2.24, 2.45) is 0 Å². The van der Waals surface area contributed by atoms with Crippen molar-refractivity contribution in [3.05, 3.63) is 57.7 Å². The molecule has 0 unspecified atom stereocenters. The van der Waals surface area contributed by atoms with E-state index in [0.29, 0.717) is 15.4 Å². The van der Waals surface area contributed by atoms with Crippen LogP contribution in [0.1, 0.15) is 18.9 Å². The molecule has 0 bridgehead atoms. The number of aromatic nitrogens is 2. The first-order valence-electron chi connectivity index (χ1n) is 8.44. The lowest BCUT2D eigenvalue weighted by atomic mass is 10.1. The van der Waals surface area contributed by atoms with Gasteiger partial charge in [0.15, 0.2) is 5.16 Å². The molecule has 2 heterocycles. The van der Waals surface area contributed by atoms with E-state index in [4.69, 9.17) is 0 Å². The number of nitrogens with one attached hydrogen (secondary N) is 1. The molecule has 26 heavy (non-hydrogen) atoms. The summed E-state index contributed by atoms with van der Waals surface area (Å²) in [4.78, 5) is 29.5. The Morgan fingerprint density at radius 2 is 2.08 bits per heavy atom. The Kier molecular flexibility index (Phi) is 6.11. The van der Waals surface area contributed by atoms with Crippen LogP contribution in [0.5, 0.6) is 0 Å². The maximum Gasteiger partial charge on any atom is 0.272 e. The van der Waals surface area contributed by atoms with Crippen molar-refractivity contribution in [3.8, 4) is 0 Å². The second-order valence-electron chi connectivity index (χ2n) is 6.12. The van der Waals surface area contributed by atoms with Crippen LogP contribution in [0.4, 0.5) is 0 Å². The molecule has 7 heteroatoms. The van der Waals surface area contributed by atoms with Gasteiger partial charge in [0.1, 0.15) is 11.2 Å². The summed E-state index contributed by atoms with van der Waals surface area (Å²) in [7, 11) is 0. The topological polar surface area (TPSA) is 64.0 Å². The molecule has 3 rings (SSSR count). The number of carbonyl (C=O) groups excluding carboxylic acids is 1. The highest BCUT2D eigenvalue weighted by Gasteiger charge is 2.15. The van der Waals surface area contributed by atoms with Gasteiger partial charge in [-0.1, -0.05) is 42.1 Å². The first-order valence-corrected chi connectivity index (χ1v) is 10.5. The molecular weight excluding hydrogens is 366 g/mol. The number of hydrogen-bond acceptors (Lipinski definition) is 5. The van der Waals surface area contributed by atoms with E-state index in [1.54, 1.807) is 0 Å². The molecule has 1 N–H and O–H groups in total. The SMILES string of the molecule is CSc1nc2ccsc2c(=O)n1CC(=O)N[C@H](C)CCc1ccccc1. The third-order valence-electron chi connectivity index (χ3n) is 4.13. The summed E-state index contributed by atoms with van der Waals surface area (Å²) in [5.74, 6) is -0.166. The van der Waals surface area contributed by atoms with Crippen molar-refractivity contribution in [3.63, 3.8) is 0 Å². The zero-order valence-corrected chi connectivity index (χ0v) is 16.4. The molecule has 5 nitrogen and oxygen atoms in total. The summed E-state index contributed by atoms with van der Waals surface area (Å²) in [6.45, 7) is 1.98. The Labute approximate surface area is 160 Å². The Bertz CT molecular complexity index is 950. The molecule has 0 aliphatic heterocycles. The number of carbonyl (C=O) groups is 1. The number of nitrogens with zero attached hydrogens (tertiary/aromatic N) is 2. The van der Waals surface area contributed by atoms with Crippen molar-refractivity contribution >= 4 is 39.2 Å². The van der Waals surface area contributed by atoms with E-state index >= 15 is 0 Å². The summed E-state index contributed by atoms with van der Waals surface area (Å²) < 4.78 is 2.05. The van der Waals surface area contributed by atoms with Gasteiger partial charge in [-0.2, -0.15) is 0 Å². The zero-order valence-electron chi connectivity index (χ0n) is 14.8. The monoisotopic (exact) mass is 387 g/mol. The molecule has 1 aromatic carbocycles. The van der Waals surface area contributed by atoms with Gasteiger partial charge < -0.3 is 5.32 Å². The molecule has 1 atom stereocenters. The van der Waals surface area contributed by atoms with Crippen molar-refractivity contribution in [1.29, 1.82) is 0 Å². The predicted octanol–water partition coefficient (Wildman–Crippen LogP) is 3.32. The minimum atomic E-state index is -0.166. The Morgan fingerprint density at radius 3 is 2.81 bits per heavy atom. The Morgan fingerprint density at radius 1 is 1.31 bits per heavy atom. The average molecular weight is 388 g/mol. The highest BCUT2D eigenvalue weighted by molar-refractivity contribution is 7.98. The maximum absolute atomic E-state index is 12.6. The van der Waals surface area contributed by atoms with Crippen LogP contribution in [0.15, 0.2) is 51.7 Å². The number of hydrogen-bond donors (Lipinski definition) is 1. The number of aryl methyl sites for hydroxylation is 1. The minimum absolute atomic E-state index is 0.00841. The Balaban J connectivity index is 1.65. The minimum Gasteiger partial charge on any atom is -0.352 e. The summed E-state index contributed by atoms with van der Waals surface area (Å²) in [5, 5.41) is 5.40. The van der Waals surface area contributed by atoms with Crippen molar-refractivity contribution in [1.82, 2.24) is 14.9 Å². The van der Waals surface area contributed by atoms with Crippen LogP contribution >= 0.6 is 23.1 Å². The predicted molar refractivity (Wildman–Crippen MR) is 108 cm³/mol. The maximum atomic E-state index is 12.6. The average Bonchev–Trinajstić information content (AvgIpc) is 3.12. The molecule has 0 spiro atoms. The first-order chi connectivity index (χ1) is 12.6. The summed E-state index contributed by atoms with van der Waals surface area (Å²) >= 11 is 2.73. The molecule has 0 saturated heterocycles. The van der Waals surface area contributed by atoms with Gasteiger partial charge >= 0.3 is 0 Å². The number of fused-ring (bicyclic) bond motifs is 1. The summed E-state index contributed by atoms with van der Waals surface area (Å²) in [5.41, 5.74) is 1.79. The second-order valence-corrected chi connectivity index (χ2v) is 7.81. The van der Waals surface area contributed by atoms with E-state index in [1.807, 2.05) is 42.8 Å². The molecule has 0 saturated carbocycles. The fourth-order valence-corrected chi connectivity index (χ4v) is 4.12. The number of thioether (sulfide) groups is 1. The third kappa shape index (κ3) is 4.34. The van der Waals surface area contributed by atoms with Gasteiger partial charge in [-0.25, -0.2) is 4.98 Å². The van der Waals surface area contributed by atoms with E-state index < -0.39 is 0 Å². The lowest BCUT2D eigenvalue weighted by Gasteiger charge is -2.15. The summed E-state index contributed by atoms with van der Waals surface area (Å²) in [6.07, 6.45) is 3.61. The van der Waals surface area contributed by atoms with E-state index in [0.717, 1.165) is 12.8 Å². The quantitative estimate of drug-likeness (QED) is 0.499. The van der Waals surface area contributed by atoms with Crippen molar-refractivity contribution < 1.29 is 4.79 Å². The molecule has 1 amide bonds. The molecule has 0 fully saturated rings. The summed E-state index contributed by atoms with van der Waals surface area (Å²) in [6, 6.07) is 12.1. The van der Waals surface area contributed by atoms with Crippen LogP contribution in [0.25, 0.3) is 10.2 Å². The molecule has 0 radical (unpaired) electrons. The standard InChI is InChI=1S/C19H21N3O2S2/c1-13(8-9-14-6-4-3-5-7-14)20-16(23)12-22-18(24)17-15(10-11-26-17)21-19(22)25-2/h3-7,10-11,13H,8-9,12H2,1-2H3,(H,20,23)/t13-/m1/s1. The Hall–Kier alpha value is -2.12. The normalized spacial score (nSPS) is 12.2. The molecule has 3 aromatic rings. The highest BCUT2D eigenvalue weighted by atomic mass is 32.2. The number of benzene rings is 1. The van der Waals surface area contributed by atoms with E-state index in [-0.39, 0.29) is 24.1 Å². The zero-order chi connectivity index (χ0) is 18.5. The lowest BCUT2D eigenvalue weighted by Crippen LogP contribution is -2.38. The molecular formula is C19H21N3O2S2. The van der Waals surface area contributed by atoms with E-state index in [9.17, 15) is 9.59 Å². The van der Waals surface area contributed by atoms with E-state index in [1.165, 1.54) is 33.2 Å². The largest absolute Gasteiger partial charge is 0.352 e. The van der Waals surface area contributed by atoms with Crippen molar-refractivity contribution in [2.45, 2.75) is 37.5 Å². The molecule has 0 aliphatic carbocycles. The van der Waals surface area contributed by atoms with Gasteiger partial charge in [0.05, 0.1) is 5.52 Å². The van der Waals surface area contributed by atoms with Gasteiger partial charge in [-0.15, -0.1) is 11.3 Å². The van der Waals surface area contributed by atoms with Crippen molar-refractivity contribution in [2.75, 3.05) is 6.26 Å². The third-order valence-corrected chi connectivity index (χ3v) is 5.70. The van der Waals surface area contributed by atoms with Crippen LogP contribution in [-0.4, -0.2) is 27.8 Å². The second kappa shape index (κ2) is 8.51. The van der Waals surface area contributed by atoms with Gasteiger partial charge in [0.25, 0.3) is 5.56 Å². The van der Waals surface area contributed by atoms with Gasteiger partial charge in [-0.3, -0.25) is 14.2 Å². The first kappa shape index (κ1) is 18.7. The van der Waals surface area contributed by atoms with Crippen LogP contribution in [0.3, 0.4) is 0 Å². The van der Waals surface area contributed by atoms with E-state index in [2.05, 4.69) is 22.4 Å².